The summed E-state index contributed by atoms with van der Waals surface area (Å²) in [6.07, 6.45) is -34.1. The van der Waals surface area contributed by atoms with Crippen LogP contribution in [-0.4, -0.2) is 61.1 Å². The molecule has 0 amide bonds. The molecule has 20 heavy (non-hydrogen) atoms. The van der Waals surface area contributed by atoms with Crippen molar-refractivity contribution in [3.05, 3.63) is 0 Å². The molecule has 0 saturated carbocycles. The predicted molar refractivity (Wildman–Crippen MR) is 47.4 cm³/mol. The third-order valence-electron chi connectivity index (χ3n) is 2.33. The van der Waals surface area contributed by atoms with Crippen LogP contribution < -0.4 is 0 Å². The van der Waals surface area contributed by atoms with Crippen LogP contribution in [0.15, 0.2) is 0 Å². The van der Waals surface area contributed by atoms with Crippen molar-refractivity contribution >= 4 is 0 Å². The van der Waals surface area contributed by atoms with Gasteiger partial charge in [-0.25, -0.2) is 43.9 Å². The summed E-state index contributed by atoms with van der Waals surface area (Å²) in [5.74, 6) is 0. The van der Waals surface area contributed by atoms with E-state index in [0.717, 1.165) is 0 Å². The van der Waals surface area contributed by atoms with Crippen LogP contribution in [0.2, 0.25) is 0 Å². The lowest BCUT2D eigenvalue weighted by Gasteiger charge is -2.25. The number of hydrogen-bond donors (Lipinski definition) is 1. The Morgan fingerprint density at radius 2 is 0.650 bits per heavy atom. The molecule has 8 unspecified atom stereocenters. The van der Waals surface area contributed by atoms with Crippen molar-refractivity contribution in [2.45, 2.75) is 56.0 Å². The number of alkyl halides is 10. The van der Waals surface area contributed by atoms with Crippen LogP contribution in [0.1, 0.15) is 0 Å². The van der Waals surface area contributed by atoms with Gasteiger partial charge in [0.25, 0.3) is 6.43 Å². The average molecular weight is 324 g/mol. The molecule has 0 heterocycles. The largest absolute Gasteiger partial charge is 0.362 e. The van der Waals surface area contributed by atoms with Crippen LogP contribution in [0.4, 0.5) is 43.9 Å². The SMILES string of the molecule is OC(F)C(F)C(F)C(F)C(F)C(F)C(F)C(F)C(F)F. The van der Waals surface area contributed by atoms with Crippen molar-refractivity contribution in [2.75, 3.05) is 0 Å². The number of rotatable bonds is 8. The third kappa shape index (κ3) is 4.67. The summed E-state index contributed by atoms with van der Waals surface area (Å²) in [5, 5.41) is 7.93. The van der Waals surface area contributed by atoms with E-state index in [-0.39, 0.29) is 0 Å². The molecule has 0 aliphatic rings. The van der Waals surface area contributed by atoms with Gasteiger partial charge in [0.1, 0.15) is 0 Å². The maximum Gasteiger partial charge on any atom is 0.272 e. The number of aliphatic hydroxyl groups is 1. The van der Waals surface area contributed by atoms with Crippen molar-refractivity contribution in [3.63, 3.8) is 0 Å². The first-order valence-corrected chi connectivity index (χ1v) is 5.11. The molecule has 11 heteroatoms. The van der Waals surface area contributed by atoms with Crippen molar-refractivity contribution < 1.29 is 49.0 Å². The van der Waals surface area contributed by atoms with Gasteiger partial charge in [0, 0.05) is 0 Å². The molecule has 0 radical (unpaired) electrons. The van der Waals surface area contributed by atoms with Gasteiger partial charge < -0.3 is 5.11 Å². The molecular weight excluding hydrogens is 314 g/mol. The summed E-state index contributed by atoms with van der Waals surface area (Å²) in [5.41, 5.74) is 0. The van der Waals surface area contributed by atoms with E-state index >= 15 is 0 Å². The Labute approximate surface area is 106 Å². The Morgan fingerprint density at radius 1 is 0.400 bits per heavy atom. The molecule has 0 bridgehead atoms. The molecule has 0 spiro atoms. The van der Waals surface area contributed by atoms with E-state index < -0.39 is 56.0 Å². The zero-order chi connectivity index (χ0) is 16.2. The standard InChI is InChI=1S/C9H10F10O/c10-1(2(11)4(13)6(15)8(17)18)3(12)5(14)7(16)9(19)20/h1-9,20H. The topological polar surface area (TPSA) is 20.2 Å². The quantitative estimate of drug-likeness (QED) is 0.681. The van der Waals surface area contributed by atoms with Gasteiger partial charge in [-0.05, 0) is 0 Å². The van der Waals surface area contributed by atoms with E-state index in [1.54, 1.807) is 0 Å². The van der Waals surface area contributed by atoms with Gasteiger partial charge in [-0.15, -0.1) is 0 Å². The van der Waals surface area contributed by atoms with Gasteiger partial charge in [0.2, 0.25) is 6.36 Å². The Kier molecular flexibility index (Phi) is 7.60. The Balaban J connectivity index is 4.75. The minimum absolute atomic E-state index is 3.57. The molecule has 1 nitrogen and oxygen atoms in total. The van der Waals surface area contributed by atoms with Crippen molar-refractivity contribution in [2.24, 2.45) is 0 Å². The molecule has 122 valence electrons. The fourth-order valence-corrected chi connectivity index (χ4v) is 1.17. The normalized spacial score (nSPS) is 24.6. The predicted octanol–water partition coefficient (Wildman–Crippen LogP) is 2.91. The van der Waals surface area contributed by atoms with Gasteiger partial charge in [0.15, 0.2) is 43.2 Å². The summed E-state index contributed by atoms with van der Waals surface area (Å²) >= 11 is 0. The van der Waals surface area contributed by atoms with E-state index in [1.165, 1.54) is 0 Å². The molecule has 0 saturated heterocycles. The molecule has 1 N–H and O–H groups in total. The highest BCUT2D eigenvalue weighted by atomic mass is 19.3. The summed E-state index contributed by atoms with van der Waals surface area (Å²) in [6, 6.07) is 0. The zero-order valence-electron chi connectivity index (χ0n) is 9.42. The van der Waals surface area contributed by atoms with Crippen LogP contribution in [0, 0.1) is 0 Å². The fraction of sp³-hybridized carbons (Fsp3) is 1.00. The van der Waals surface area contributed by atoms with E-state index in [1.807, 2.05) is 0 Å². The van der Waals surface area contributed by atoms with Crippen LogP contribution >= 0.6 is 0 Å². The second-order valence-corrected chi connectivity index (χ2v) is 3.82. The number of halogens is 10. The summed E-state index contributed by atoms with van der Waals surface area (Å²) in [6.45, 7) is 0. The van der Waals surface area contributed by atoms with Crippen LogP contribution in [-0.2, 0) is 0 Å². The summed E-state index contributed by atoms with van der Waals surface area (Å²) in [4.78, 5) is 0. The van der Waals surface area contributed by atoms with E-state index in [9.17, 15) is 43.9 Å². The monoisotopic (exact) mass is 324 g/mol. The molecule has 0 aromatic heterocycles. The minimum Gasteiger partial charge on any atom is -0.362 e. The summed E-state index contributed by atoms with van der Waals surface area (Å²) in [7, 11) is 0. The van der Waals surface area contributed by atoms with Gasteiger partial charge in [-0.1, -0.05) is 0 Å². The highest BCUT2D eigenvalue weighted by molar-refractivity contribution is 4.92. The lowest BCUT2D eigenvalue weighted by Crippen LogP contribution is -2.47. The van der Waals surface area contributed by atoms with Crippen molar-refractivity contribution in [3.8, 4) is 0 Å². The highest BCUT2D eigenvalue weighted by Crippen LogP contribution is 2.28. The van der Waals surface area contributed by atoms with Gasteiger partial charge >= 0.3 is 0 Å². The third-order valence-corrected chi connectivity index (χ3v) is 2.33. The van der Waals surface area contributed by atoms with E-state index in [2.05, 4.69) is 0 Å². The minimum atomic E-state index is -4.05. The fourth-order valence-electron chi connectivity index (χ4n) is 1.17. The second-order valence-electron chi connectivity index (χ2n) is 3.82. The lowest BCUT2D eigenvalue weighted by atomic mass is 9.99. The van der Waals surface area contributed by atoms with Crippen molar-refractivity contribution in [1.82, 2.24) is 0 Å². The van der Waals surface area contributed by atoms with E-state index in [0.29, 0.717) is 0 Å². The zero-order valence-corrected chi connectivity index (χ0v) is 9.42. The first kappa shape index (κ1) is 19.3. The smallest absolute Gasteiger partial charge is 0.272 e. The summed E-state index contributed by atoms with van der Waals surface area (Å²) < 4.78 is 124. The van der Waals surface area contributed by atoms with Gasteiger partial charge in [-0.2, -0.15) is 0 Å². The Hall–Kier alpha value is -0.740. The second kappa shape index (κ2) is 7.89. The Morgan fingerprint density at radius 3 is 0.900 bits per heavy atom. The highest BCUT2D eigenvalue weighted by Gasteiger charge is 2.48. The lowest BCUT2D eigenvalue weighted by molar-refractivity contribution is -0.0983. The molecule has 0 aliphatic carbocycles. The van der Waals surface area contributed by atoms with Gasteiger partial charge in [-0.3, -0.25) is 0 Å². The number of hydrogen-bond acceptors (Lipinski definition) is 1. The molecule has 0 aliphatic heterocycles. The first-order chi connectivity index (χ1) is 9.02. The molecular formula is C9H10F10O. The molecule has 0 aromatic rings. The molecule has 0 aromatic carbocycles. The molecule has 8 atom stereocenters. The van der Waals surface area contributed by atoms with Crippen LogP contribution in [0.3, 0.4) is 0 Å². The maximum absolute atomic E-state index is 12.9. The average Bonchev–Trinajstić information content (AvgIpc) is 2.40. The van der Waals surface area contributed by atoms with Crippen LogP contribution in [0.25, 0.3) is 0 Å². The Bertz CT molecular complexity index is 251. The maximum atomic E-state index is 12.9. The number of aliphatic hydroxyl groups excluding tert-OH is 1. The first-order valence-electron chi connectivity index (χ1n) is 5.11. The molecule has 0 fully saturated rings. The van der Waals surface area contributed by atoms with Crippen LogP contribution in [0.5, 0.6) is 0 Å². The molecule has 0 rings (SSSR count). The van der Waals surface area contributed by atoms with Gasteiger partial charge in [0.05, 0.1) is 0 Å². The van der Waals surface area contributed by atoms with Crippen molar-refractivity contribution in [1.29, 1.82) is 0 Å². The van der Waals surface area contributed by atoms with E-state index in [4.69, 9.17) is 5.11 Å².